The second-order valence-electron chi connectivity index (χ2n) is 3.88. The number of ether oxygens (including phenoxy) is 2. The first-order valence-corrected chi connectivity index (χ1v) is 7.04. The molecule has 1 fully saturated rings. The molecule has 0 atom stereocenters. The third-order valence-corrected chi connectivity index (χ3v) is 3.24. The maximum absolute atomic E-state index is 11.6. The molecule has 0 N–H and O–H groups in total. The molecule has 0 unspecified atom stereocenters. The van der Waals surface area contributed by atoms with Crippen LogP contribution in [-0.4, -0.2) is 62.3 Å². The van der Waals surface area contributed by atoms with Crippen LogP contribution in [0.2, 0.25) is 0 Å². The second-order valence-corrected chi connectivity index (χ2v) is 4.74. The fraction of sp³-hybridized carbons (Fsp3) is 0.909. The summed E-state index contributed by atoms with van der Waals surface area (Å²) in [5.41, 5.74) is 0. The number of piperidine rings is 1. The van der Waals surface area contributed by atoms with Crippen LogP contribution in [0.15, 0.2) is 0 Å². The van der Waals surface area contributed by atoms with Crippen molar-refractivity contribution in [3.8, 4) is 0 Å². The lowest BCUT2D eigenvalue weighted by atomic mass is 10.1. The van der Waals surface area contributed by atoms with Crippen LogP contribution in [0, 0.1) is 0 Å². The molecule has 1 saturated heterocycles. The molecule has 1 rings (SSSR count). The topological polar surface area (TPSA) is 38.8 Å². The predicted octanol–water partition coefficient (Wildman–Crippen LogP) is 1.00. The minimum Gasteiger partial charge on any atom is -0.382 e. The van der Waals surface area contributed by atoms with Gasteiger partial charge in [-0.2, -0.15) is 11.8 Å². The zero-order valence-electron chi connectivity index (χ0n) is 10.1. The summed E-state index contributed by atoms with van der Waals surface area (Å²) in [6.07, 6.45) is 4.15. The van der Waals surface area contributed by atoms with Crippen LogP contribution < -0.4 is 0 Å². The van der Waals surface area contributed by atoms with Gasteiger partial charge in [0.15, 0.2) is 0 Å². The number of rotatable bonds is 6. The summed E-state index contributed by atoms with van der Waals surface area (Å²) in [5.74, 6) is 0.845. The summed E-state index contributed by atoms with van der Waals surface area (Å²) in [5, 5.41) is 0. The minimum absolute atomic E-state index is 0.253. The highest BCUT2D eigenvalue weighted by Gasteiger charge is 2.22. The number of amides is 1. The third kappa shape index (κ3) is 4.72. The van der Waals surface area contributed by atoms with Crippen molar-refractivity contribution >= 4 is 17.7 Å². The van der Waals surface area contributed by atoms with Crippen LogP contribution in [0.5, 0.6) is 0 Å². The van der Waals surface area contributed by atoms with Gasteiger partial charge in [-0.3, -0.25) is 4.79 Å². The zero-order valence-corrected chi connectivity index (χ0v) is 10.9. The molecule has 1 amide bonds. The fourth-order valence-corrected chi connectivity index (χ4v) is 2.21. The molecule has 4 nitrogen and oxygen atoms in total. The number of methoxy groups -OCH3 is 1. The molecule has 94 valence electrons. The molecule has 16 heavy (non-hydrogen) atoms. The molecule has 5 heteroatoms. The van der Waals surface area contributed by atoms with Crippen molar-refractivity contribution in [2.24, 2.45) is 0 Å². The van der Waals surface area contributed by atoms with Gasteiger partial charge in [-0.25, -0.2) is 0 Å². The summed E-state index contributed by atoms with van der Waals surface area (Å²) in [4.78, 5) is 13.5. The second kappa shape index (κ2) is 7.92. The van der Waals surface area contributed by atoms with E-state index >= 15 is 0 Å². The Kier molecular flexibility index (Phi) is 6.84. The van der Waals surface area contributed by atoms with E-state index in [-0.39, 0.29) is 5.91 Å². The molecule has 1 heterocycles. The van der Waals surface area contributed by atoms with Gasteiger partial charge in [0, 0.05) is 20.2 Å². The van der Waals surface area contributed by atoms with E-state index in [4.69, 9.17) is 9.47 Å². The van der Waals surface area contributed by atoms with E-state index in [0.717, 1.165) is 25.9 Å². The Morgan fingerprint density at radius 1 is 1.38 bits per heavy atom. The van der Waals surface area contributed by atoms with Gasteiger partial charge in [0.05, 0.1) is 25.1 Å². The lowest BCUT2D eigenvalue weighted by Crippen LogP contribution is -2.41. The van der Waals surface area contributed by atoms with Gasteiger partial charge in [0.1, 0.15) is 0 Å². The predicted molar refractivity (Wildman–Crippen MR) is 65.8 cm³/mol. The van der Waals surface area contributed by atoms with Crippen LogP contribution in [0.25, 0.3) is 0 Å². The molecule has 0 bridgehead atoms. The number of carbonyl (C=O) groups is 1. The van der Waals surface area contributed by atoms with E-state index in [0.29, 0.717) is 25.1 Å². The Morgan fingerprint density at radius 2 is 2.06 bits per heavy atom. The molecular weight excluding hydrogens is 226 g/mol. The Labute approximate surface area is 102 Å². The summed E-state index contributed by atoms with van der Waals surface area (Å²) in [6, 6.07) is 0. The van der Waals surface area contributed by atoms with Crippen LogP contribution >= 0.6 is 11.8 Å². The lowest BCUT2D eigenvalue weighted by molar-refractivity contribution is -0.131. The fourth-order valence-electron chi connectivity index (χ4n) is 1.78. The molecule has 1 aliphatic rings. The van der Waals surface area contributed by atoms with E-state index in [1.807, 2.05) is 11.2 Å². The number of thioether (sulfide) groups is 1. The van der Waals surface area contributed by atoms with E-state index in [2.05, 4.69) is 0 Å². The van der Waals surface area contributed by atoms with Crippen molar-refractivity contribution in [1.82, 2.24) is 4.90 Å². The number of hydrogen-bond donors (Lipinski definition) is 0. The molecule has 1 aliphatic heterocycles. The molecule has 0 aliphatic carbocycles. The first kappa shape index (κ1) is 13.8. The SMILES string of the molecule is COCCOC1CCN(C(=O)CSC)CC1. The quantitative estimate of drug-likeness (QED) is 0.657. The molecule has 0 spiro atoms. The largest absolute Gasteiger partial charge is 0.382 e. The highest BCUT2D eigenvalue weighted by atomic mass is 32.2. The first-order chi connectivity index (χ1) is 7.77. The smallest absolute Gasteiger partial charge is 0.232 e. The highest BCUT2D eigenvalue weighted by Crippen LogP contribution is 2.14. The van der Waals surface area contributed by atoms with Gasteiger partial charge in [-0.15, -0.1) is 0 Å². The normalized spacial score (nSPS) is 17.8. The van der Waals surface area contributed by atoms with Crippen LogP contribution in [-0.2, 0) is 14.3 Å². The van der Waals surface area contributed by atoms with Crippen molar-refractivity contribution in [3.63, 3.8) is 0 Å². The molecular formula is C11H21NO3S. The Morgan fingerprint density at radius 3 is 2.62 bits per heavy atom. The van der Waals surface area contributed by atoms with E-state index < -0.39 is 0 Å². The summed E-state index contributed by atoms with van der Waals surface area (Å²) in [6.45, 7) is 2.96. The summed E-state index contributed by atoms with van der Waals surface area (Å²) < 4.78 is 10.6. The highest BCUT2D eigenvalue weighted by molar-refractivity contribution is 7.99. The van der Waals surface area contributed by atoms with Gasteiger partial charge in [0.2, 0.25) is 5.91 Å². The third-order valence-electron chi connectivity index (χ3n) is 2.70. The average Bonchev–Trinajstić information content (AvgIpc) is 2.30. The number of likely N-dealkylation sites (tertiary alicyclic amines) is 1. The molecule has 0 radical (unpaired) electrons. The van der Waals surface area contributed by atoms with Crippen LogP contribution in [0.1, 0.15) is 12.8 Å². The summed E-state index contributed by atoms with van der Waals surface area (Å²) in [7, 11) is 1.67. The van der Waals surface area contributed by atoms with Crippen molar-refractivity contribution in [1.29, 1.82) is 0 Å². The average molecular weight is 247 g/mol. The van der Waals surface area contributed by atoms with Crippen molar-refractivity contribution < 1.29 is 14.3 Å². The van der Waals surface area contributed by atoms with Gasteiger partial charge >= 0.3 is 0 Å². The van der Waals surface area contributed by atoms with Gasteiger partial charge in [-0.1, -0.05) is 0 Å². The zero-order chi connectivity index (χ0) is 11.8. The number of carbonyl (C=O) groups excluding carboxylic acids is 1. The van der Waals surface area contributed by atoms with Gasteiger partial charge < -0.3 is 14.4 Å². The molecule has 0 aromatic carbocycles. The number of hydrogen-bond acceptors (Lipinski definition) is 4. The standard InChI is InChI=1S/C11H21NO3S/c1-14-7-8-15-10-3-5-12(6-4-10)11(13)9-16-2/h10H,3-9H2,1-2H3. The van der Waals surface area contributed by atoms with Crippen LogP contribution in [0.3, 0.4) is 0 Å². The van der Waals surface area contributed by atoms with Crippen molar-refractivity contribution in [2.75, 3.05) is 45.4 Å². The summed E-state index contributed by atoms with van der Waals surface area (Å²) >= 11 is 1.58. The van der Waals surface area contributed by atoms with E-state index in [1.54, 1.807) is 18.9 Å². The van der Waals surface area contributed by atoms with E-state index in [1.165, 1.54) is 0 Å². The molecule has 0 saturated carbocycles. The van der Waals surface area contributed by atoms with Crippen LogP contribution in [0.4, 0.5) is 0 Å². The van der Waals surface area contributed by atoms with Gasteiger partial charge in [0.25, 0.3) is 0 Å². The lowest BCUT2D eigenvalue weighted by Gasteiger charge is -2.31. The maximum atomic E-state index is 11.6. The maximum Gasteiger partial charge on any atom is 0.232 e. The Balaban J connectivity index is 2.15. The first-order valence-electron chi connectivity index (χ1n) is 5.65. The molecule has 0 aromatic rings. The monoisotopic (exact) mass is 247 g/mol. The molecule has 0 aromatic heterocycles. The minimum atomic E-state index is 0.253. The van der Waals surface area contributed by atoms with E-state index in [9.17, 15) is 4.79 Å². The van der Waals surface area contributed by atoms with Crippen molar-refractivity contribution in [3.05, 3.63) is 0 Å². The van der Waals surface area contributed by atoms with Crippen molar-refractivity contribution in [2.45, 2.75) is 18.9 Å². The van der Waals surface area contributed by atoms with Gasteiger partial charge in [-0.05, 0) is 19.1 Å². The number of nitrogens with zero attached hydrogens (tertiary/aromatic N) is 1. The Bertz CT molecular complexity index is 205. The Hall–Kier alpha value is -0.260.